The first-order valence-corrected chi connectivity index (χ1v) is 7.15. The Morgan fingerprint density at radius 1 is 1.11 bits per heavy atom. The zero-order valence-corrected chi connectivity index (χ0v) is 11.5. The van der Waals surface area contributed by atoms with Gasteiger partial charge in [0, 0.05) is 17.5 Å². The maximum Gasteiger partial charge on any atom is 0.139 e. The lowest BCUT2D eigenvalue weighted by atomic mass is 9.60. The molecule has 2 nitrogen and oxygen atoms in total. The number of fused-ring (bicyclic) bond motifs is 2. The molecule has 3 aliphatic rings. The molecular weight excluding hydrogens is 234 g/mol. The number of carbonyl (C=O) groups excluding carboxylic acids is 1. The molecule has 1 N–H and O–H groups in total. The van der Waals surface area contributed by atoms with Crippen LogP contribution in [0.3, 0.4) is 0 Å². The van der Waals surface area contributed by atoms with Crippen LogP contribution in [0.25, 0.3) is 0 Å². The van der Waals surface area contributed by atoms with Gasteiger partial charge in [0.15, 0.2) is 0 Å². The Bertz CT molecular complexity index is 495. The van der Waals surface area contributed by atoms with Gasteiger partial charge in [-0.1, -0.05) is 42.5 Å². The van der Waals surface area contributed by atoms with Crippen molar-refractivity contribution in [2.45, 2.75) is 44.7 Å². The molecule has 2 bridgehead atoms. The minimum Gasteiger partial charge on any atom is -0.304 e. The predicted molar refractivity (Wildman–Crippen MR) is 76.7 cm³/mol. The molecule has 1 saturated carbocycles. The number of nitrogens with one attached hydrogen (secondary N) is 1. The summed E-state index contributed by atoms with van der Waals surface area (Å²) in [5.74, 6) is 0.333. The average molecular weight is 255 g/mol. The van der Waals surface area contributed by atoms with E-state index in [1.54, 1.807) is 6.92 Å². The minimum atomic E-state index is -0.143. The first kappa shape index (κ1) is 12.6. The standard InChI is InChI=1S/C17H21NO/c1-14(19)16-7-10-17(11-8-16,12-9-16)18-13-15-5-3-2-4-6-15/h2-7,10,18H,8-9,11-13H2,1H3. The quantitative estimate of drug-likeness (QED) is 0.837. The lowest BCUT2D eigenvalue weighted by Gasteiger charge is -2.48. The Morgan fingerprint density at radius 2 is 1.79 bits per heavy atom. The number of carbonyl (C=O) groups is 1. The fraction of sp³-hybridized carbons (Fsp3) is 0.471. The Labute approximate surface area is 114 Å². The van der Waals surface area contributed by atoms with Gasteiger partial charge in [-0.05, 0) is 38.2 Å². The van der Waals surface area contributed by atoms with E-state index in [9.17, 15) is 4.79 Å². The number of allylic oxidation sites excluding steroid dienone is 1. The molecule has 1 aromatic carbocycles. The van der Waals surface area contributed by atoms with Gasteiger partial charge >= 0.3 is 0 Å². The molecule has 0 amide bonds. The minimum absolute atomic E-state index is 0.118. The molecule has 100 valence electrons. The van der Waals surface area contributed by atoms with Crippen molar-refractivity contribution in [1.82, 2.24) is 5.32 Å². The first-order chi connectivity index (χ1) is 9.14. The van der Waals surface area contributed by atoms with Crippen LogP contribution in [0.2, 0.25) is 0 Å². The second-order valence-electron chi connectivity index (χ2n) is 6.04. The van der Waals surface area contributed by atoms with Crippen molar-refractivity contribution >= 4 is 5.78 Å². The summed E-state index contributed by atoms with van der Waals surface area (Å²) in [5, 5.41) is 3.70. The van der Waals surface area contributed by atoms with Crippen molar-refractivity contribution in [1.29, 1.82) is 0 Å². The molecule has 4 rings (SSSR count). The second kappa shape index (κ2) is 4.61. The lowest BCUT2D eigenvalue weighted by Crippen LogP contribution is -2.52. The zero-order chi connectivity index (χ0) is 13.3. The smallest absolute Gasteiger partial charge is 0.139 e. The highest BCUT2D eigenvalue weighted by Gasteiger charge is 2.46. The highest BCUT2D eigenvalue weighted by molar-refractivity contribution is 5.85. The molecule has 1 fully saturated rings. The van der Waals surface area contributed by atoms with Gasteiger partial charge in [-0.2, -0.15) is 0 Å². The van der Waals surface area contributed by atoms with Crippen LogP contribution < -0.4 is 5.32 Å². The van der Waals surface area contributed by atoms with Crippen LogP contribution in [-0.4, -0.2) is 11.3 Å². The number of ketones is 1. The summed E-state index contributed by atoms with van der Waals surface area (Å²) < 4.78 is 0. The van der Waals surface area contributed by atoms with Gasteiger partial charge in [-0.3, -0.25) is 4.79 Å². The predicted octanol–water partition coefficient (Wildman–Crippen LogP) is 3.23. The molecule has 0 saturated heterocycles. The lowest BCUT2D eigenvalue weighted by molar-refractivity contribution is -0.126. The molecule has 0 spiro atoms. The highest BCUT2D eigenvalue weighted by Crippen LogP contribution is 2.48. The Morgan fingerprint density at radius 3 is 2.32 bits per heavy atom. The molecule has 0 heterocycles. The second-order valence-corrected chi connectivity index (χ2v) is 6.04. The molecule has 19 heavy (non-hydrogen) atoms. The van der Waals surface area contributed by atoms with Crippen molar-refractivity contribution in [3.05, 3.63) is 48.0 Å². The van der Waals surface area contributed by atoms with E-state index in [1.165, 1.54) is 5.56 Å². The normalized spacial score (nSPS) is 32.5. The molecule has 0 radical (unpaired) electrons. The van der Waals surface area contributed by atoms with Crippen LogP contribution in [0.4, 0.5) is 0 Å². The largest absolute Gasteiger partial charge is 0.304 e. The van der Waals surface area contributed by atoms with Crippen LogP contribution in [-0.2, 0) is 11.3 Å². The van der Waals surface area contributed by atoms with Crippen LogP contribution in [0.1, 0.15) is 38.2 Å². The van der Waals surface area contributed by atoms with Gasteiger partial charge in [-0.15, -0.1) is 0 Å². The van der Waals surface area contributed by atoms with Gasteiger partial charge in [0.05, 0.1) is 0 Å². The van der Waals surface area contributed by atoms with Crippen LogP contribution in [0, 0.1) is 5.41 Å². The van der Waals surface area contributed by atoms with Gasteiger partial charge in [0.25, 0.3) is 0 Å². The molecular formula is C17H21NO. The average Bonchev–Trinajstić information content (AvgIpc) is 2.48. The summed E-state index contributed by atoms with van der Waals surface area (Å²) in [5.41, 5.74) is 1.29. The van der Waals surface area contributed by atoms with Crippen molar-refractivity contribution in [3.63, 3.8) is 0 Å². The van der Waals surface area contributed by atoms with Crippen molar-refractivity contribution < 1.29 is 4.79 Å². The van der Waals surface area contributed by atoms with E-state index in [1.807, 2.05) is 6.07 Å². The summed E-state index contributed by atoms with van der Waals surface area (Å²) in [7, 11) is 0. The number of hydrogen-bond acceptors (Lipinski definition) is 2. The summed E-state index contributed by atoms with van der Waals surface area (Å²) in [6.45, 7) is 2.64. The van der Waals surface area contributed by atoms with E-state index in [0.29, 0.717) is 5.78 Å². The molecule has 0 unspecified atom stereocenters. The van der Waals surface area contributed by atoms with Crippen molar-refractivity contribution in [2.24, 2.45) is 5.41 Å². The number of benzene rings is 1. The van der Waals surface area contributed by atoms with Crippen molar-refractivity contribution in [2.75, 3.05) is 0 Å². The number of Topliss-reactive ketones (excluding diaryl/α,β-unsaturated/α-hetero) is 1. The zero-order valence-electron chi connectivity index (χ0n) is 11.5. The summed E-state index contributed by atoms with van der Waals surface area (Å²) in [6.07, 6.45) is 8.58. The maximum atomic E-state index is 11.8. The summed E-state index contributed by atoms with van der Waals surface area (Å²) in [6, 6.07) is 10.5. The summed E-state index contributed by atoms with van der Waals surface area (Å²) in [4.78, 5) is 11.8. The topological polar surface area (TPSA) is 29.1 Å². The van der Waals surface area contributed by atoms with Crippen molar-refractivity contribution in [3.8, 4) is 0 Å². The summed E-state index contributed by atoms with van der Waals surface area (Å²) >= 11 is 0. The number of rotatable bonds is 4. The third-order valence-corrected chi connectivity index (χ3v) is 4.94. The van der Waals surface area contributed by atoms with E-state index in [4.69, 9.17) is 0 Å². The van der Waals surface area contributed by atoms with E-state index >= 15 is 0 Å². The maximum absolute atomic E-state index is 11.8. The van der Waals surface area contributed by atoms with E-state index in [0.717, 1.165) is 32.2 Å². The SMILES string of the molecule is CC(=O)C12C=CC(NCc3ccccc3)(CC1)CC2. The van der Waals surface area contributed by atoms with Crippen LogP contribution in [0.5, 0.6) is 0 Å². The molecule has 0 atom stereocenters. The fourth-order valence-electron chi connectivity index (χ4n) is 3.37. The highest BCUT2D eigenvalue weighted by atomic mass is 16.1. The Balaban J connectivity index is 1.70. The molecule has 0 aliphatic heterocycles. The fourth-order valence-corrected chi connectivity index (χ4v) is 3.37. The molecule has 2 heteroatoms. The van der Waals surface area contributed by atoms with Gasteiger partial charge in [0.1, 0.15) is 5.78 Å². The first-order valence-electron chi connectivity index (χ1n) is 7.15. The monoisotopic (exact) mass is 255 g/mol. The molecule has 1 aromatic rings. The third kappa shape index (κ3) is 2.25. The van der Waals surface area contributed by atoms with Gasteiger partial charge in [-0.25, -0.2) is 0 Å². The molecule has 3 aliphatic carbocycles. The molecule has 0 aromatic heterocycles. The Kier molecular flexibility index (Phi) is 3.06. The van der Waals surface area contributed by atoms with Crippen LogP contribution >= 0.6 is 0 Å². The van der Waals surface area contributed by atoms with Gasteiger partial charge < -0.3 is 5.32 Å². The Hall–Kier alpha value is -1.41. The van der Waals surface area contributed by atoms with Crippen LogP contribution in [0.15, 0.2) is 42.5 Å². The van der Waals surface area contributed by atoms with E-state index in [-0.39, 0.29) is 11.0 Å². The third-order valence-electron chi connectivity index (χ3n) is 4.94. The van der Waals surface area contributed by atoms with E-state index < -0.39 is 0 Å². The van der Waals surface area contributed by atoms with Gasteiger partial charge in [0.2, 0.25) is 0 Å². The number of hydrogen-bond donors (Lipinski definition) is 1. The van der Waals surface area contributed by atoms with E-state index in [2.05, 4.69) is 41.7 Å².